The fourth-order valence-electron chi connectivity index (χ4n) is 2.75. The number of hydrogen-bond acceptors (Lipinski definition) is 3. The molecule has 2 fully saturated rings. The molecule has 2 rings (SSSR count). The van der Waals surface area contributed by atoms with Crippen molar-refractivity contribution in [3.8, 4) is 0 Å². The van der Waals surface area contributed by atoms with Crippen molar-refractivity contribution in [2.75, 3.05) is 33.3 Å². The maximum atomic E-state index is 5.90. The number of nitrogens with one attached hydrogen (secondary N) is 1. The Labute approximate surface area is 112 Å². The van der Waals surface area contributed by atoms with Gasteiger partial charge in [-0.25, -0.2) is 0 Å². The average molecular weight is 263 g/mol. The van der Waals surface area contributed by atoms with Crippen LogP contribution in [0, 0.1) is 11.3 Å². The van der Waals surface area contributed by atoms with E-state index in [1.807, 2.05) is 0 Å². The van der Waals surface area contributed by atoms with Crippen LogP contribution in [-0.2, 0) is 4.74 Å². The van der Waals surface area contributed by atoms with Crippen LogP contribution in [0.2, 0.25) is 0 Å². The Morgan fingerprint density at radius 2 is 2.18 bits per heavy atom. The van der Waals surface area contributed by atoms with E-state index < -0.39 is 0 Å². The summed E-state index contributed by atoms with van der Waals surface area (Å²) in [6.07, 6.45) is 4.19. The summed E-state index contributed by atoms with van der Waals surface area (Å²) in [5, 5.41) is 3.53. The molecule has 0 saturated carbocycles. The number of ether oxygens (including phenoxy) is 1. The van der Waals surface area contributed by atoms with Gasteiger partial charge in [-0.3, -0.25) is 5.32 Å². The van der Waals surface area contributed by atoms with Crippen LogP contribution >= 0.6 is 12.4 Å². The van der Waals surface area contributed by atoms with Crippen molar-refractivity contribution in [1.29, 1.82) is 0 Å². The second kappa shape index (κ2) is 6.37. The first-order chi connectivity index (χ1) is 7.55. The molecule has 0 aromatic carbocycles. The molecular weight excluding hydrogens is 236 g/mol. The molecule has 0 aromatic rings. The minimum atomic E-state index is 0. The minimum Gasteiger partial charge on any atom is -0.363 e. The number of hydrogen-bond donors (Lipinski definition) is 1. The van der Waals surface area contributed by atoms with E-state index in [1.165, 1.54) is 32.4 Å². The summed E-state index contributed by atoms with van der Waals surface area (Å²) < 4.78 is 5.90. The van der Waals surface area contributed by atoms with Crippen molar-refractivity contribution >= 4 is 12.4 Å². The highest BCUT2D eigenvalue weighted by Crippen LogP contribution is 2.25. The molecular formula is C13H27ClN2O. The van der Waals surface area contributed by atoms with Crippen LogP contribution in [-0.4, -0.2) is 44.4 Å². The van der Waals surface area contributed by atoms with Crippen LogP contribution in [0.1, 0.15) is 33.1 Å². The van der Waals surface area contributed by atoms with E-state index in [0.717, 1.165) is 19.1 Å². The summed E-state index contributed by atoms with van der Waals surface area (Å²) >= 11 is 0. The fraction of sp³-hybridized carbons (Fsp3) is 1.00. The second-order valence-electron chi connectivity index (χ2n) is 6.35. The lowest BCUT2D eigenvalue weighted by Crippen LogP contribution is -2.49. The van der Waals surface area contributed by atoms with Crippen LogP contribution in [0.4, 0.5) is 0 Å². The van der Waals surface area contributed by atoms with Crippen LogP contribution in [0.3, 0.4) is 0 Å². The van der Waals surface area contributed by atoms with E-state index in [1.54, 1.807) is 0 Å². The molecule has 2 unspecified atom stereocenters. The lowest BCUT2D eigenvalue weighted by atomic mass is 9.91. The number of piperidine rings is 1. The SMILES string of the molecule is CN1CCCC(CC2NCC(C)(C)CO2)C1.Cl. The lowest BCUT2D eigenvalue weighted by molar-refractivity contribution is -0.0704. The molecule has 0 amide bonds. The zero-order chi connectivity index (χ0) is 11.6. The second-order valence-corrected chi connectivity index (χ2v) is 6.35. The van der Waals surface area contributed by atoms with Crippen LogP contribution in [0.15, 0.2) is 0 Å². The molecule has 1 N–H and O–H groups in total. The van der Waals surface area contributed by atoms with Gasteiger partial charge in [-0.15, -0.1) is 12.4 Å². The third-order valence-electron chi connectivity index (χ3n) is 3.75. The zero-order valence-electron chi connectivity index (χ0n) is 11.4. The summed E-state index contributed by atoms with van der Waals surface area (Å²) in [4.78, 5) is 2.45. The van der Waals surface area contributed by atoms with Crippen LogP contribution < -0.4 is 5.32 Å². The van der Waals surface area contributed by atoms with Gasteiger partial charge in [0.05, 0.1) is 6.61 Å². The first-order valence-corrected chi connectivity index (χ1v) is 6.59. The number of halogens is 1. The summed E-state index contributed by atoms with van der Waals surface area (Å²) in [6, 6.07) is 0. The van der Waals surface area contributed by atoms with Crippen molar-refractivity contribution < 1.29 is 4.74 Å². The third kappa shape index (κ3) is 4.74. The van der Waals surface area contributed by atoms with Crippen LogP contribution in [0.25, 0.3) is 0 Å². The zero-order valence-corrected chi connectivity index (χ0v) is 12.2. The average Bonchev–Trinajstić information content (AvgIpc) is 2.21. The van der Waals surface area contributed by atoms with E-state index in [2.05, 4.69) is 31.1 Å². The van der Waals surface area contributed by atoms with Crippen molar-refractivity contribution in [2.24, 2.45) is 11.3 Å². The smallest absolute Gasteiger partial charge is 0.108 e. The van der Waals surface area contributed by atoms with Gasteiger partial charge in [0.2, 0.25) is 0 Å². The third-order valence-corrected chi connectivity index (χ3v) is 3.75. The fourth-order valence-corrected chi connectivity index (χ4v) is 2.75. The highest BCUT2D eigenvalue weighted by molar-refractivity contribution is 5.85. The number of rotatable bonds is 2. The minimum absolute atomic E-state index is 0. The van der Waals surface area contributed by atoms with Gasteiger partial charge in [-0.2, -0.15) is 0 Å². The van der Waals surface area contributed by atoms with Crippen molar-refractivity contribution in [1.82, 2.24) is 10.2 Å². The highest BCUT2D eigenvalue weighted by atomic mass is 35.5. The molecule has 0 spiro atoms. The molecule has 0 radical (unpaired) electrons. The quantitative estimate of drug-likeness (QED) is 0.825. The molecule has 2 aliphatic heterocycles. The Morgan fingerprint density at radius 1 is 1.41 bits per heavy atom. The maximum absolute atomic E-state index is 5.90. The monoisotopic (exact) mass is 262 g/mol. The van der Waals surface area contributed by atoms with E-state index >= 15 is 0 Å². The normalized spacial score (nSPS) is 34.1. The first-order valence-electron chi connectivity index (χ1n) is 6.59. The molecule has 3 nitrogen and oxygen atoms in total. The topological polar surface area (TPSA) is 24.5 Å². The summed E-state index contributed by atoms with van der Waals surface area (Å²) in [7, 11) is 2.23. The molecule has 2 heterocycles. The van der Waals surface area contributed by atoms with Gasteiger partial charge in [0.1, 0.15) is 6.23 Å². The van der Waals surface area contributed by atoms with Gasteiger partial charge < -0.3 is 9.64 Å². The Morgan fingerprint density at radius 3 is 2.76 bits per heavy atom. The summed E-state index contributed by atoms with van der Waals surface area (Å²) in [6.45, 7) is 9.00. The first kappa shape index (κ1) is 15.2. The van der Waals surface area contributed by atoms with E-state index in [9.17, 15) is 0 Å². The van der Waals surface area contributed by atoms with E-state index in [-0.39, 0.29) is 12.4 Å². The van der Waals surface area contributed by atoms with Gasteiger partial charge in [0.25, 0.3) is 0 Å². The molecule has 102 valence electrons. The van der Waals surface area contributed by atoms with Gasteiger partial charge in [0.15, 0.2) is 0 Å². The predicted molar refractivity (Wildman–Crippen MR) is 73.6 cm³/mol. The lowest BCUT2D eigenvalue weighted by Gasteiger charge is -2.38. The largest absolute Gasteiger partial charge is 0.363 e. The summed E-state index contributed by atoms with van der Waals surface area (Å²) in [5.41, 5.74) is 0.305. The molecule has 0 aromatic heterocycles. The Hall–Kier alpha value is 0.170. The van der Waals surface area contributed by atoms with Gasteiger partial charge in [-0.05, 0) is 38.8 Å². The Balaban J connectivity index is 0.00000144. The number of nitrogens with zero attached hydrogens (tertiary/aromatic N) is 1. The highest BCUT2D eigenvalue weighted by Gasteiger charge is 2.29. The van der Waals surface area contributed by atoms with Gasteiger partial charge >= 0.3 is 0 Å². The van der Waals surface area contributed by atoms with E-state index in [4.69, 9.17) is 4.74 Å². The predicted octanol–water partition coefficient (Wildman–Crippen LogP) is 2.11. The van der Waals surface area contributed by atoms with Crippen molar-refractivity contribution in [3.63, 3.8) is 0 Å². The van der Waals surface area contributed by atoms with Crippen LogP contribution in [0.5, 0.6) is 0 Å². The van der Waals surface area contributed by atoms with Gasteiger partial charge in [-0.1, -0.05) is 13.8 Å². The van der Waals surface area contributed by atoms with Crippen molar-refractivity contribution in [2.45, 2.75) is 39.3 Å². The molecule has 0 aliphatic carbocycles. The molecule has 17 heavy (non-hydrogen) atoms. The Bertz CT molecular complexity index is 225. The van der Waals surface area contributed by atoms with E-state index in [0.29, 0.717) is 11.6 Å². The van der Waals surface area contributed by atoms with Gasteiger partial charge in [0, 0.05) is 18.5 Å². The number of likely N-dealkylation sites (tertiary alicyclic amines) is 1. The molecule has 4 heteroatoms. The molecule has 0 bridgehead atoms. The Kier molecular flexibility index (Phi) is 5.71. The van der Waals surface area contributed by atoms with Crippen molar-refractivity contribution in [3.05, 3.63) is 0 Å². The molecule has 2 saturated heterocycles. The maximum Gasteiger partial charge on any atom is 0.108 e. The summed E-state index contributed by atoms with van der Waals surface area (Å²) in [5.74, 6) is 0.817. The molecule has 2 aliphatic rings. The molecule has 2 atom stereocenters. The standard InChI is InChI=1S/C13H26N2O.ClH/c1-13(2)9-14-12(16-10-13)7-11-5-4-6-15(3)8-11;/h11-12,14H,4-10H2,1-3H3;1H.